The summed E-state index contributed by atoms with van der Waals surface area (Å²) >= 11 is 1.71. The van der Waals surface area contributed by atoms with Crippen molar-refractivity contribution in [1.29, 1.82) is 0 Å². The second kappa shape index (κ2) is 7.51. The Hall–Kier alpha value is -0.720. The van der Waals surface area contributed by atoms with Crippen molar-refractivity contribution in [2.45, 2.75) is 24.2 Å². The first-order chi connectivity index (χ1) is 9.70. The number of alkyl halides is 1. The molecule has 0 aliphatic rings. The molecule has 0 saturated heterocycles. The predicted molar refractivity (Wildman–Crippen MR) is 82.1 cm³/mol. The highest BCUT2D eigenvalue weighted by molar-refractivity contribution is 14.1. The van der Waals surface area contributed by atoms with Crippen molar-refractivity contribution in [3.8, 4) is 0 Å². The maximum absolute atomic E-state index is 11.4. The van der Waals surface area contributed by atoms with Gasteiger partial charge in [-0.1, -0.05) is 0 Å². The summed E-state index contributed by atoms with van der Waals surface area (Å²) in [7, 11) is -3.75. The zero-order chi connectivity index (χ0) is 16.1. The third-order valence-corrected chi connectivity index (χ3v) is 4.05. The van der Waals surface area contributed by atoms with E-state index in [-0.39, 0.29) is 25.5 Å². The van der Waals surface area contributed by atoms with E-state index in [0.717, 1.165) is 6.26 Å². The minimum atomic E-state index is -3.75. The van der Waals surface area contributed by atoms with Crippen LogP contribution in [0.5, 0.6) is 0 Å². The zero-order valence-electron chi connectivity index (χ0n) is 11.9. The monoisotopic (exact) mass is 432 g/mol. The van der Waals surface area contributed by atoms with Crippen molar-refractivity contribution < 1.29 is 26.9 Å². The largest absolute Gasteiger partial charge is 0.465 e. The lowest BCUT2D eigenvalue weighted by Gasteiger charge is -2.23. The first kappa shape index (κ1) is 18.3. The molecule has 1 unspecified atom stereocenters. The molecule has 0 aliphatic carbocycles. The van der Waals surface area contributed by atoms with E-state index in [1.807, 2.05) is 0 Å². The molecule has 0 radical (unpaired) electrons. The molecular weight excluding hydrogens is 415 g/mol. The van der Waals surface area contributed by atoms with Crippen LogP contribution in [0.25, 0.3) is 0 Å². The zero-order valence-corrected chi connectivity index (χ0v) is 14.9. The predicted octanol–water partition coefficient (Wildman–Crippen LogP) is 1.00. The molecule has 0 amide bonds. The van der Waals surface area contributed by atoms with Crippen LogP contribution in [0.3, 0.4) is 0 Å². The van der Waals surface area contributed by atoms with Crippen LogP contribution >= 0.6 is 22.6 Å². The summed E-state index contributed by atoms with van der Waals surface area (Å²) in [4.78, 5) is 11.4. The summed E-state index contributed by atoms with van der Waals surface area (Å²) in [5.74, 6) is -0.438. The lowest BCUT2D eigenvalue weighted by atomic mass is 10.4. The lowest BCUT2D eigenvalue weighted by molar-refractivity contribution is -0.144. The third kappa shape index (κ3) is 5.88. The number of carbonyl (C=O) groups is 1. The molecule has 0 saturated carbocycles. The van der Waals surface area contributed by atoms with E-state index < -0.39 is 19.9 Å². The fraction of sp³-hybridized carbons (Fsp3) is 0.636. The fourth-order valence-corrected chi connectivity index (χ4v) is 3.57. The van der Waals surface area contributed by atoms with Gasteiger partial charge in [-0.05, 0) is 42.5 Å². The highest BCUT2D eigenvalue weighted by Gasteiger charge is 2.37. The van der Waals surface area contributed by atoms with E-state index in [4.69, 9.17) is 13.7 Å². The summed E-state index contributed by atoms with van der Waals surface area (Å²) < 4.78 is 37.6. The number of nitrogens with zero attached hydrogens (tertiary/aromatic N) is 2. The van der Waals surface area contributed by atoms with Crippen LogP contribution in [0.15, 0.2) is 12.3 Å². The Morgan fingerprint density at radius 3 is 2.62 bits per heavy atom. The van der Waals surface area contributed by atoms with Gasteiger partial charge in [0.15, 0.2) is 0 Å². The van der Waals surface area contributed by atoms with Crippen LogP contribution in [-0.2, 0) is 38.9 Å². The Morgan fingerprint density at radius 2 is 2.10 bits per heavy atom. The Kier molecular flexibility index (Phi) is 6.56. The molecule has 0 bridgehead atoms. The van der Waals surface area contributed by atoms with E-state index in [1.165, 1.54) is 16.9 Å². The minimum Gasteiger partial charge on any atom is -0.465 e. The van der Waals surface area contributed by atoms with Gasteiger partial charge < -0.3 is 9.47 Å². The number of halogens is 1. The molecule has 120 valence electrons. The van der Waals surface area contributed by atoms with Gasteiger partial charge in [-0.25, -0.2) is 4.18 Å². The molecule has 1 rings (SSSR count). The molecule has 0 N–H and O–H groups in total. The molecule has 8 nitrogen and oxygen atoms in total. The van der Waals surface area contributed by atoms with Crippen LogP contribution < -0.4 is 0 Å². The van der Waals surface area contributed by atoms with Crippen molar-refractivity contribution in [3.63, 3.8) is 0 Å². The average Bonchev–Trinajstić information content (AvgIpc) is 2.76. The van der Waals surface area contributed by atoms with Crippen LogP contribution in [0.4, 0.5) is 0 Å². The van der Waals surface area contributed by atoms with Crippen LogP contribution in [0.1, 0.15) is 19.5 Å². The van der Waals surface area contributed by atoms with Crippen molar-refractivity contribution in [2.24, 2.45) is 0 Å². The quantitative estimate of drug-likeness (QED) is 0.199. The fourth-order valence-electron chi connectivity index (χ4n) is 1.47. The number of carbonyl (C=O) groups excluding carboxylic acids is 1. The van der Waals surface area contributed by atoms with Crippen molar-refractivity contribution >= 4 is 38.7 Å². The van der Waals surface area contributed by atoms with Gasteiger partial charge in [-0.2, -0.15) is 13.5 Å². The van der Waals surface area contributed by atoms with Gasteiger partial charge in [0.2, 0.25) is 0 Å². The molecule has 1 aromatic rings. The number of hydrogen-bond donors (Lipinski definition) is 0. The maximum Gasteiger partial charge on any atom is 0.327 e. The molecule has 1 atom stereocenters. The summed E-state index contributed by atoms with van der Waals surface area (Å²) in [6.07, 6.45) is 2.44. The van der Waals surface area contributed by atoms with Gasteiger partial charge in [0.1, 0.15) is 12.2 Å². The SMILES string of the molecule is CCOC(=O)Cn1ccc(C(I)(OCC)OS(C)(=O)=O)n1. The normalized spacial score (nSPS) is 14.7. The Morgan fingerprint density at radius 1 is 1.43 bits per heavy atom. The number of esters is 1. The molecule has 0 spiro atoms. The van der Waals surface area contributed by atoms with Crippen LogP contribution in [-0.4, -0.2) is 43.6 Å². The first-order valence-corrected chi connectivity index (χ1v) is 9.02. The second-order valence-corrected chi connectivity index (χ2v) is 6.96. The highest BCUT2D eigenvalue weighted by Crippen LogP contribution is 2.35. The number of rotatable bonds is 8. The number of aromatic nitrogens is 2. The third-order valence-electron chi connectivity index (χ3n) is 2.13. The first-order valence-electron chi connectivity index (χ1n) is 6.13. The molecule has 21 heavy (non-hydrogen) atoms. The summed E-state index contributed by atoms with van der Waals surface area (Å²) in [5.41, 5.74) is 0.236. The average molecular weight is 432 g/mol. The molecule has 0 fully saturated rings. The summed E-state index contributed by atoms with van der Waals surface area (Å²) in [6, 6.07) is 1.52. The lowest BCUT2D eigenvalue weighted by Crippen LogP contribution is -2.29. The van der Waals surface area contributed by atoms with Crippen molar-refractivity contribution in [1.82, 2.24) is 9.78 Å². The summed E-state index contributed by atoms with van der Waals surface area (Å²) in [6.45, 7) is 3.83. The molecule has 0 aromatic carbocycles. The number of hydrogen-bond acceptors (Lipinski definition) is 7. The maximum atomic E-state index is 11.4. The topological polar surface area (TPSA) is 96.7 Å². The van der Waals surface area contributed by atoms with Crippen molar-refractivity contribution in [2.75, 3.05) is 19.5 Å². The molecule has 1 heterocycles. The smallest absolute Gasteiger partial charge is 0.327 e. The van der Waals surface area contributed by atoms with Gasteiger partial charge >= 0.3 is 5.97 Å². The standard InChI is InChI=1S/C11H17IN2O6S/c1-4-18-10(15)8-14-7-6-9(13-14)11(12,19-5-2)20-21(3,16)17/h6-7H,4-5,8H2,1-3H3. The Bertz CT molecular complexity index is 587. The number of ether oxygens (including phenoxy) is 2. The van der Waals surface area contributed by atoms with Gasteiger partial charge in [-0.3, -0.25) is 9.48 Å². The second-order valence-electron chi connectivity index (χ2n) is 3.96. The molecular formula is C11H17IN2O6S. The molecule has 10 heteroatoms. The van der Waals surface area contributed by atoms with Gasteiger partial charge in [-0.15, -0.1) is 0 Å². The van der Waals surface area contributed by atoms with E-state index in [0.29, 0.717) is 0 Å². The van der Waals surface area contributed by atoms with E-state index in [2.05, 4.69) is 5.10 Å². The van der Waals surface area contributed by atoms with Gasteiger partial charge in [0.25, 0.3) is 13.9 Å². The Balaban J connectivity index is 2.95. The van der Waals surface area contributed by atoms with Crippen LogP contribution in [0, 0.1) is 0 Å². The van der Waals surface area contributed by atoms with E-state index >= 15 is 0 Å². The van der Waals surface area contributed by atoms with Crippen molar-refractivity contribution in [3.05, 3.63) is 18.0 Å². The van der Waals surface area contributed by atoms with E-state index in [1.54, 1.807) is 36.4 Å². The van der Waals surface area contributed by atoms with Gasteiger partial charge in [0, 0.05) is 12.8 Å². The highest BCUT2D eigenvalue weighted by atomic mass is 127. The van der Waals surface area contributed by atoms with E-state index in [9.17, 15) is 13.2 Å². The molecule has 1 aromatic heterocycles. The van der Waals surface area contributed by atoms with Crippen LogP contribution in [0.2, 0.25) is 0 Å². The molecule has 0 aliphatic heterocycles. The minimum absolute atomic E-state index is 0.0778. The van der Waals surface area contributed by atoms with Gasteiger partial charge in [0.05, 0.1) is 12.9 Å². The Labute approximate surface area is 137 Å². The summed E-state index contributed by atoms with van der Waals surface area (Å²) in [5, 5.41) is 4.10.